The molecule has 1 N–H and O–H groups in total. The highest BCUT2D eigenvalue weighted by Gasteiger charge is 2.19. The topological polar surface area (TPSA) is 81.4 Å². The summed E-state index contributed by atoms with van der Waals surface area (Å²) in [5, 5.41) is 13.8. The third-order valence-corrected chi connectivity index (χ3v) is 5.84. The van der Waals surface area contributed by atoms with Gasteiger partial charge in [0.05, 0.1) is 11.6 Å². The minimum atomic E-state index is -1.01. The monoisotopic (exact) mass is 468 g/mol. The van der Waals surface area contributed by atoms with Crippen LogP contribution in [0.4, 0.5) is 0 Å². The van der Waals surface area contributed by atoms with Crippen LogP contribution in [0.5, 0.6) is 5.75 Å². The minimum absolute atomic E-state index is 0.0747. The number of aromatic nitrogens is 2. The largest absolute Gasteiger partial charge is 0.479 e. The van der Waals surface area contributed by atoms with Crippen LogP contribution in [-0.4, -0.2) is 27.0 Å². The van der Waals surface area contributed by atoms with Crippen LogP contribution in [0.25, 0.3) is 0 Å². The molecule has 0 saturated heterocycles. The maximum atomic E-state index is 12.6. The van der Waals surface area contributed by atoms with E-state index in [0.29, 0.717) is 25.1 Å². The molecule has 1 aromatic heterocycles. The number of aliphatic carboxylic acids is 1. The first-order chi connectivity index (χ1) is 17.0. The van der Waals surface area contributed by atoms with Crippen molar-refractivity contribution in [3.8, 4) is 5.75 Å². The van der Waals surface area contributed by atoms with Crippen LogP contribution in [0.3, 0.4) is 0 Å². The molecule has 4 rings (SSSR count). The van der Waals surface area contributed by atoms with Gasteiger partial charge >= 0.3 is 5.97 Å². The standard InChI is InChI=1S/C29H28N2O4/c1-21(29(33)34)35-25-16-8-10-22(20-25)11-9-19-31-27(32)18-17-26(30-31)28(23-12-4-2-5-13-23)24-14-6-3-7-15-24/h2-8,10,12-18,20-21,28H,9,11,19H2,1H3,(H,33,34)/t21-/m1/s1. The predicted octanol–water partition coefficient (Wildman–Crippen LogP) is 4.91. The van der Waals surface area contributed by atoms with Crippen LogP contribution >= 0.6 is 0 Å². The zero-order valence-corrected chi connectivity index (χ0v) is 19.6. The van der Waals surface area contributed by atoms with Crippen molar-refractivity contribution in [2.45, 2.75) is 38.3 Å². The van der Waals surface area contributed by atoms with Crippen molar-refractivity contribution >= 4 is 5.97 Å². The number of nitrogens with zero attached hydrogens (tertiary/aromatic N) is 2. The SMILES string of the molecule is C[C@@H](Oc1cccc(CCCn2nc(C(c3ccccc3)c3ccccc3)ccc2=O)c1)C(=O)O. The Morgan fingerprint density at radius 2 is 1.57 bits per heavy atom. The van der Waals surface area contributed by atoms with E-state index in [1.807, 2.05) is 60.7 Å². The number of rotatable bonds is 10. The average Bonchev–Trinajstić information content (AvgIpc) is 2.87. The van der Waals surface area contributed by atoms with Crippen molar-refractivity contribution in [3.05, 3.63) is 130 Å². The highest BCUT2D eigenvalue weighted by Crippen LogP contribution is 2.30. The number of hydrogen-bond acceptors (Lipinski definition) is 4. The molecule has 0 aliphatic carbocycles. The summed E-state index contributed by atoms with van der Waals surface area (Å²) >= 11 is 0. The lowest BCUT2D eigenvalue weighted by molar-refractivity contribution is -0.144. The molecule has 0 fully saturated rings. The smallest absolute Gasteiger partial charge is 0.344 e. The van der Waals surface area contributed by atoms with Gasteiger partial charge in [0.25, 0.3) is 5.56 Å². The molecule has 1 atom stereocenters. The van der Waals surface area contributed by atoms with Crippen molar-refractivity contribution in [1.29, 1.82) is 0 Å². The van der Waals surface area contributed by atoms with Gasteiger partial charge in [-0.25, -0.2) is 9.48 Å². The van der Waals surface area contributed by atoms with E-state index in [0.717, 1.165) is 22.4 Å². The fourth-order valence-corrected chi connectivity index (χ4v) is 4.07. The van der Waals surface area contributed by atoms with E-state index in [1.54, 1.807) is 12.1 Å². The Morgan fingerprint density at radius 1 is 0.914 bits per heavy atom. The normalized spacial score (nSPS) is 11.8. The van der Waals surface area contributed by atoms with Gasteiger partial charge in [0.15, 0.2) is 6.10 Å². The maximum absolute atomic E-state index is 12.6. The molecule has 4 aromatic rings. The number of carboxylic acid groups (broad SMARTS) is 1. The Kier molecular flexibility index (Phi) is 7.73. The molecule has 0 saturated carbocycles. The Balaban J connectivity index is 1.51. The Morgan fingerprint density at radius 3 is 2.20 bits per heavy atom. The van der Waals surface area contributed by atoms with Crippen LogP contribution in [0, 0.1) is 0 Å². The fourth-order valence-electron chi connectivity index (χ4n) is 4.07. The van der Waals surface area contributed by atoms with Crippen molar-refractivity contribution in [3.63, 3.8) is 0 Å². The minimum Gasteiger partial charge on any atom is -0.479 e. The van der Waals surface area contributed by atoms with Gasteiger partial charge in [-0.05, 0) is 54.7 Å². The summed E-state index contributed by atoms with van der Waals surface area (Å²) in [5.74, 6) is -0.567. The highest BCUT2D eigenvalue weighted by molar-refractivity contribution is 5.72. The number of hydrogen-bond donors (Lipinski definition) is 1. The number of benzene rings is 3. The molecule has 0 amide bonds. The first-order valence-electron chi connectivity index (χ1n) is 11.7. The lowest BCUT2D eigenvalue weighted by Crippen LogP contribution is -2.24. The summed E-state index contributed by atoms with van der Waals surface area (Å²) in [4.78, 5) is 23.6. The molecule has 0 aliphatic rings. The molecule has 1 heterocycles. The van der Waals surface area contributed by atoms with Crippen LogP contribution < -0.4 is 10.3 Å². The fraction of sp³-hybridized carbons (Fsp3) is 0.207. The molecule has 0 radical (unpaired) electrons. The molecule has 0 unspecified atom stereocenters. The molecule has 6 nitrogen and oxygen atoms in total. The molecule has 6 heteroatoms. The van der Waals surface area contributed by atoms with E-state index in [9.17, 15) is 9.59 Å². The quantitative estimate of drug-likeness (QED) is 0.358. The summed E-state index contributed by atoms with van der Waals surface area (Å²) in [7, 11) is 0. The van der Waals surface area contributed by atoms with E-state index in [2.05, 4.69) is 24.3 Å². The Hall–Kier alpha value is -4.19. The van der Waals surface area contributed by atoms with Gasteiger partial charge in [-0.2, -0.15) is 5.10 Å². The summed E-state index contributed by atoms with van der Waals surface area (Å²) in [6.45, 7) is 1.97. The lowest BCUT2D eigenvalue weighted by atomic mass is 9.88. The molecular formula is C29H28N2O4. The second kappa shape index (κ2) is 11.3. The summed E-state index contributed by atoms with van der Waals surface area (Å²) in [6, 6.07) is 31.1. The van der Waals surface area contributed by atoms with Crippen LogP contribution in [-0.2, 0) is 17.8 Å². The van der Waals surface area contributed by atoms with E-state index in [-0.39, 0.29) is 11.5 Å². The first kappa shape index (κ1) is 24.0. The molecule has 0 aliphatic heterocycles. The highest BCUT2D eigenvalue weighted by atomic mass is 16.5. The van der Waals surface area contributed by atoms with Crippen molar-refractivity contribution < 1.29 is 14.6 Å². The van der Waals surface area contributed by atoms with Crippen LogP contribution in [0.1, 0.15) is 41.6 Å². The molecule has 0 bridgehead atoms. The maximum Gasteiger partial charge on any atom is 0.344 e. The van der Waals surface area contributed by atoms with Gasteiger partial charge in [-0.1, -0.05) is 72.8 Å². The average molecular weight is 469 g/mol. The van der Waals surface area contributed by atoms with Gasteiger partial charge < -0.3 is 9.84 Å². The second-order valence-electron chi connectivity index (χ2n) is 8.42. The number of carboxylic acids is 1. The molecule has 3 aromatic carbocycles. The van der Waals surface area contributed by atoms with Gasteiger partial charge in [0.1, 0.15) is 5.75 Å². The Labute approximate surface area is 204 Å². The molecular weight excluding hydrogens is 440 g/mol. The van der Waals surface area contributed by atoms with Gasteiger partial charge in [0.2, 0.25) is 0 Å². The summed E-state index contributed by atoms with van der Waals surface area (Å²) in [5.41, 5.74) is 3.92. The zero-order valence-electron chi connectivity index (χ0n) is 19.6. The number of carbonyl (C=O) groups is 1. The molecule has 35 heavy (non-hydrogen) atoms. The van der Waals surface area contributed by atoms with Gasteiger partial charge in [0, 0.05) is 12.6 Å². The Bertz CT molecular complexity index is 1280. The summed E-state index contributed by atoms with van der Waals surface area (Å²) in [6.07, 6.45) is 0.492. The number of aryl methyl sites for hydroxylation is 2. The van der Waals surface area contributed by atoms with E-state index < -0.39 is 12.1 Å². The van der Waals surface area contributed by atoms with E-state index >= 15 is 0 Å². The third kappa shape index (κ3) is 6.23. The van der Waals surface area contributed by atoms with E-state index in [4.69, 9.17) is 14.9 Å². The van der Waals surface area contributed by atoms with Crippen molar-refractivity contribution in [2.75, 3.05) is 0 Å². The predicted molar refractivity (Wildman–Crippen MR) is 135 cm³/mol. The van der Waals surface area contributed by atoms with E-state index in [1.165, 1.54) is 11.6 Å². The lowest BCUT2D eigenvalue weighted by Gasteiger charge is -2.18. The first-order valence-corrected chi connectivity index (χ1v) is 11.7. The van der Waals surface area contributed by atoms with Crippen LogP contribution in [0.2, 0.25) is 0 Å². The van der Waals surface area contributed by atoms with Gasteiger partial charge in [-0.15, -0.1) is 0 Å². The van der Waals surface area contributed by atoms with Crippen molar-refractivity contribution in [2.24, 2.45) is 0 Å². The zero-order chi connectivity index (χ0) is 24.6. The summed E-state index contributed by atoms with van der Waals surface area (Å²) < 4.78 is 6.99. The van der Waals surface area contributed by atoms with Gasteiger partial charge in [-0.3, -0.25) is 4.79 Å². The second-order valence-corrected chi connectivity index (χ2v) is 8.42. The van der Waals surface area contributed by atoms with Crippen molar-refractivity contribution in [1.82, 2.24) is 9.78 Å². The van der Waals surface area contributed by atoms with Crippen LogP contribution in [0.15, 0.2) is 102 Å². The third-order valence-electron chi connectivity index (χ3n) is 5.84. The molecule has 178 valence electrons. The number of ether oxygens (including phenoxy) is 1. The molecule has 0 spiro atoms.